The molecule has 0 fully saturated rings. The molecule has 2 aromatic rings. The third-order valence-corrected chi connectivity index (χ3v) is 4.89. The Morgan fingerprint density at radius 1 is 1.48 bits per heavy atom. The van der Waals surface area contributed by atoms with Crippen LogP contribution in [0.3, 0.4) is 0 Å². The first-order valence-corrected chi connectivity index (χ1v) is 8.60. The predicted octanol–water partition coefficient (Wildman–Crippen LogP) is 3.25. The zero-order chi connectivity index (χ0) is 15.7. The number of ether oxygens (including phenoxy) is 1. The van der Waals surface area contributed by atoms with E-state index in [1.807, 2.05) is 11.5 Å². The maximum absolute atomic E-state index is 13.8. The number of fused-ring (bicyclic) bond motifs is 1. The minimum Gasteiger partial charge on any atom is -0.494 e. The molecule has 116 valence electrons. The van der Waals surface area contributed by atoms with Gasteiger partial charge in [0.05, 0.1) is 23.5 Å². The van der Waals surface area contributed by atoms with Crippen molar-refractivity contribution in [3.8, 4) is 5.75 Å². The summed E-state index contributed by atoms with van der Waals surface area (Å²) in [6.07, 6.45) is 1.66. The Morgan fingerprint density at radius 3 is 2.67 bits per heavy atom. The number of aromatic nitrogens is 2. The van der Waals surface area contributed by atoms with Crippen LogP contribution in [0.25, 0.3) is 11.0 Å². The van der Waals surface area contributed by atoms with E-state index in [2.05, 4.69) is 4.98 Å². The summed E-state index contributed by atoms with van der Waals surface area (Å²) in [7, 11) is 0.449. The number of hydrogen-bond donors (Lipinski definition) is 0. The SMILES string of the molecule is COc1cc2c(cc1F)nc(C(C)Cl)n2CC(C)S(C)=O. The Morgan fingerprint density at radius 2 is 2.14 bits per heavy atom. The van der Waals surface area contributed by atoms with Gasteiger partial charge in [0.2, 0.25) is 0 Å². The van der Waals surface area contributed by atoms with E-state index in [0.717, 1.165) is 5.52 Å². The van der Waals surface area contributed by atoms with Crippen molar-refractivity contribution in [2.24, 2.45) is 0 Å². The third-order valence-electron chi connectivity index (χ3n) is 3.41. The smallest absolute Gasteiger partial charge is 0.167 e. The van der Waals surface area contributed by atoms with E-state index < -0.39 is 16.6 Å². The van der Waals surface area contributed by atoms with Crippen molar-refractivity contribution < 1.29 is 13.3 Å². The molecule has 0 aliphatic rings. The maximum atomic E-state index is 13.8. The first kappa shape index (κ1) is 16.2. The zero-order valence-electron chi connectivity index (χ0n) is 12.4. The maximum Gasteiger partial charge on any atom is 0.167 e. The molecule has 2 rings (SSSR count). The fourth-order valence-corrected chi connectivity index (χ4v) is 2.68. The Bertz CT molecular complexity index is 687. The highest BCUT2D eigenvalue weighted by atomic mass is 35.5. The minimum atomic E-state index is -0.968. The molecule has 1 aromatic heterocycles. The van der Waals surface area contributed by atoms with E-state index in [-0.39, 0.29) is 16.4 Å². The van der Waals surface area contributed by atoms with E-state index in [0.29, 0.717) is 17.9 Å². The van der Waals surface area contributed by atoms with Crippen LogP contribution in [0, 0.1) is 5.82 Å². The average molecular weight is 333 g/mol. The van der Waals surface area contributed by atoms with Crippen molar-refractivity contribution in [2.45, 2.75) is 31.0 Å². The molecule has 7 heteroatoms. The summed E-state index contributed by atoms with van der Waals surface area (Å²) in [4.78, 5) is 4.40. The molecule has 0 aliphatic carbocycles. The second-order valence-corrected chi connectivity index (χ2v) is 7.44. The summed E-state index contributed by atoms with van der Waals surface area (Å²) >= 11 is 6.17. The summed E-state index contributed by atoms with van der Waals surface area (Å²) in [5.74, 6) is 0.329. The number of benzene rings is 1. The van der Waals surface area contributed by atoms with Gasteiger partial charge in [0.1, 0.15) is 5.82 Å². The van der Waals surface area contributed by atoms with E-state index in [4.69, 9.17) is 16.3 Å². The van der Waals surface area contributed by atoms with Crippen molar-refractivity contribution in [2.75, 3.05) is 13.4 Å². The summed E-state index contributed by atoms with van der Waals surface area (Å²) in [6, 6.07) is 2.94. The van der Waals surface area contributed by atoms with Gasteiger partial charge < -0.3 is 9.30 Å². The number of nitrogens with zero attached hydrogens (tertiary/aromatic N) is 2. The van der Waals surface area contributed by atoms with Crippen LogP contribution < -0.4 is 4.74 Å². The number of imidazole rings is 1. The van der Waals surface area contributed by atoms with E-state index in [1.54, 1.807) is 19.2 Å². The molecule has 1 aromatic carbocycles. The number of rotatable bonds is 5. The highest BCUT2D eigenvalue weighted by molar-refractivity contribution is 7.84. The van der Waals surface area contributed by atoms with Gasteiger partial charge in [0.25, 0.3) is 0 Å². The van der Waals surface area contributed by atoms with Crippen molar-refractivity contribution in [3.63, 3.8) is 0 Å². The molecule has 0 amide bonds. The quantitative estimate of drug-likeness (QED) is 0.789. The largest absolute Gasteiger partial charge is 0.494 e. The molecule has 4 nitrogen and oxygen atoms in total. The summed E-state index contributed by atoms with van der Waals surface area (Å²) in [6.45, 7) is 4.20. The Kier molecular flexibility index (Phi) is 4.88. The van der Waals surface area contributed by atoms with Gasteiger partial charge in [-0.3, -0.25) is 4.21 Å². The van der Waals surface area contributed by atoms with Crippen LogP contribution in [0.2, 0.25) is 0 Å². The lowest BCUT2D eigenvalue weighted by Crippen LogP contribution is -2.19. The molecule has 1 heterocycles. The molecular formula is C14H18ClFN2O2S. The average Bonchev–Trinajstić information content (AvgIpc) is 2.75. The van der Waals surface area contributed by atoms with Crippen LogP contribution in [0.4, 0.5) is 4.39 Å². The van der Waals surface area contributed by atoms with Gasteiger partial charge in [-0.15, -0.1) is 11.6 Å². The normalized spacial score (nSPS) is 15.9. The van der Waals surface area contributed by atoms with Crippen LogP contribution >= 0.6 is 11.6 Å². The Labute approximate surface area is 130 Å². The van der Waals surface area contributed by atoms with Crippen molar-refractivity contribution >= 4 is 33.4 Å². The summed E-state index contributed by atoms with van der Waals surface area (Å²) in [5, 5.41) is -0.392. The third kappa shape index (κ3) is 3.21. The molecule has 3 unspecified atom stereocenters. The van der Waals surface area contributed by atoms with Crippen LogP contribution in [-0.2, 0) is 17.3 Å². The van der Waals surface area contributed by atoms with Crippen LogP contribution in [0.15, 0.2) is 12.1 Å². The van der Waals surface area contributed by atoms with Crippen LogP contribution in [0.5, 0.6) is 5.75 Å². The van der Waals surface area contributed by atoms with E-state index >= 15 is 0 Å². The fraction of sp³-hybridized carbons (Fsp3) is 0.500. The number of alkyl halides is 1. The van der Waals surface area contributed by atoms with Gasteiger partial charge in [-0.25, -0.2) is 9.37 Å². The molecule has 21 heavy (non-hydrogen) atoms. The predicted molar refractivity (Wildman–Crippen MR) is 84.0 cm³/mol. The Hall–Kier alpha value is -1.14. The first-order valence-electron chi connectivity index (χ1n) is 6.55. The molecule has 0 radical (unpaired) electrons. The molecule has 0 N–H and O–H groups in total. The zero-order valence-corrected chi connectivity index (χ0v) is 14.0. The van der Waals surface area contributed by atoms with Gasteiger partial charge in [-0.05, 0) is 13.8 Å². The standard InChI is InChI=1S/C14H18ClFN2O2S/c1-8(21(4)19)7-18-12-6-13(20-3)10(16)5-11(12)17-14(18)9(2)15/h5-6,8-9H,7H2,1-4H3. The second kappa shape index (κ2) is 6.32. The molecule has 0 aliphatic heterocycles. The van der Waals surface area contributed by atoms with E-state index in [1.165, 1.54) is 13.2 Å². The minimum absolute atomic E-state index is 0.0624. The fourth-order valence-electron chi connectivity index (χ4n) is 2.16. The van der Waals surface area contributed by atoms with Gasteiger partial charge >= 0.3 is 0 Å². The van der Waals surface area contributed by atoms with Gasteiger partial charge in [-0.2, -0.15) is 0 Å². The monoisotopic (exact) mass is 332 g/mol. The van der Waals surface area contributed by atoms with Crippen molar-refractivity contribution in [1.82, 2.24) is 9.55 Å². The summed E-state index contributed by atoms with van der Waals surface area (Å²) in [5.41, 5.74) is 1.25. The van der Waals surface area contributed by atoms with Crippen molar-refractivity contribution in [3.05, 3.63) is 23.8 Å². The molecule has 0 spiro atoms. The summed E-state index contributed by atoms with van der Waals surface area (Å²) < 4.78 is 32.3. The number of methoxy groups -OCH3 is 1. The van der Waals surface area contributed by atoms with Gasteiger partial charge in [-0.1, -0.05) is 0 Å². The lowest BCUT2D eigenvalue weighted by molar-refractivity contribution is 0.387. The number of halogens is 2. The van der Waals surface area contributed by atoms with E-state index in [9.17, 15) is 8.60 Å². The molecule has 0 bridgehead atoms. The number of hydrogen-bond acceptors (Lipinski definition) is 3. The lowest BCUT2D eigenvalue weighted by atomic mass is 10.2. The highest BCUT2D eigenvalue weighted by Gasteiger charge is 2.20. The lowest BCUT2D eigenvalue weighted by Gasteiger charge is -2.14. The van der Waals surface area contributed by atoms with Crippen LogP contribution in [-0.4, -0.2) is 32.4 Å². The van der Waals surface area contributed by atoms with Gasteiger partial charge in [0.15, 0.2) is 11.6 Å². The second-order valence-electron chi connectivity index (χ2n) is 4.98. The van der Waals surface area contributed by atoms with Crippen molar-refractivity contribution in [1.29, 1.82) is 0 Å². The Balaban J connectivity index is 2.63. The topological polar surface area (TPSA) is 44.1 Å². The molecular weight excluding hydrogens is 315 g/mol. The highest BCUT2D eigenvalue weighted by Crippen LogP contribution is 2.29. The first-order chi connectivity index (χ1) is 9.85. The van der Waals surface area contributed by atoms with Gasteiger partial charge in [0, 0.05) is 41.0 Å². The molecule has 3 atom stereocenters. The molecule has 0 saturated carbocycles. The molecule has 0 saturated heterocycles. The van der Waals surface area contributed by atoms with Crippen LogP contribution in [0.1, 0.15) is 25.0 Å².